The zero-order valence-electron chi connectivity index (χ0n) is 10.4. The topological polar surface area (TPSA) is 92.7 Å². The highest BCUT2D eigenvalue weighted by atomic mass is 32.2. The largest absolute Gasteiger partial charge is 0.478 e. The molecule has 0 amide bonds. The highest BCUT2D eigenvalue weighted by Crippen LogP contribution is 2.24. The summed E-state index contributed by atoms with van der Waals surface area (Å²) in [6.07, 6.45) is 1.36. The number of carboxylic acids is 1. The average Bonchev–Trinajstić information content (AvgIpc) is 2.33. The van der Waals surface area contributed by atoms with Crippen molar-refractivity contribution in [3.05, 3.63) is 29.8 Å². The first-order valence-electron chi connectivity index (χ1n) is 5.81. The molecule has 2 rings (SSSR count). The molecule has 1 aliphatic carbocycles. The van der Waals surface area contributed by atoms with Gasteiger partial charge in [-0.05, 0) is 31.0 Å². The Morgan fingerprint density at radius 3 is 2.68 bits per heavy atom. The van der Waals surface area contributed by atoms with Gasteiger partial charge in [0.2, 0.25) is 10.0 Å². The SMILES string of the molecule is COC1CC(NS(=O)(=O)c2cccc(C(=O)O)c2)C1. The number of sulfonamides is 1. The van der Waals surface area contributed by atoms with E-state index in [2.05, 4.69) is 4.72 Å². The normalized spacial score (nSPS) is 22.8. The first-order valence-corrected chi connectivity index (χ1v) is 7.29. The van der Waals surface area contributed by atoms with Crippen LogP contribution in [0.2, 0.25) is 0 Å². The second kappa shape index (κ2) is 5.28. The first-order chi connectivity index (χ1) is 8.92. The van der Waals surface area contributed by atoms with Gasteiger partial charge in [0, 0.05) is 13.2 Å². The number of benzene rings is 1. The lowest BCUT2D eigenvalue weighted by molar-refractivity contribution is 0.0236. The standard InChI is InChI=1S/C12H15NO5S/c1-18-10-6-9(7-10)13-19(16,17)11-4-2-3-8(5-11)12(14)15/h2-5,9-10,13H,6-7H2,1H3,(H,14,15). The molecule has 7 heteroatoms. The van der Waals surface area contributed by atoms with Gasteiger partial charge in [0.15, 0.2) is 0 Å². The molecule has 6 nitrogen and oxygen atoms in total. The molecule has 0 saturated heterocycles. The third kappa shape index (κ3) is 3.12. The molecule has 0 unspecified atom stereocenters. The number of rotatable bonds is 5. The summed E-state index contributed by atoms with van der Waals surface area (Å²) in [5, 5.41) is 8.85. The van der Waals surface area contributed by atoms with E-state index in [0.29, 0.717) is 12.8 Å². The molecular weight excluding hydrogens is 270 g/mol. The van der Waals surface area contributed by atoms with Crippen LogP contribution in [0.3, 0.4) is 0 Å². The van der Waals surface area contributed by atoms with Crippen LogP contribution in [-0.4, -0.2) is 38.7 Å². The van der Waals surface area contributed by atoms with Crippen molar-refractivity contribution in [2.75, 3.05) is 7.11 Å². The van der Waals surface area contributed by atoms with Gasteiger partial charge >= 0.3 is 5.97 Å². The molecule has 0 heterocycles. The fourth-order valence-electron chi connectivity index (χ4n) is 1.94. The maximum absolute atomic E-state index is 12.1. The summed E-state index contributed by atoms with van der Waals surface area (Å²) >= 11 is 0. The Hall–Kier alpha value is -1.44. The zero-order chi connectivity index (χ0) is 14.0. The third-order valence-electron chi connectivity index (χ3n) is 3.14. The fraction of sp³-hybridized carbons (Fsp3) is 0.417. The van der Waals surface area contributed by atoms with Crippen LogP contribution in [0, 0.1) is 0 Å². The highest BCUT2D eigenvalue weighted by Gasteiger charge is 2.32. The third-order valence-corrected chi connectivity index (χ3v) is 4.66. The maximum atomic E-state index is 12.1. The average molecular weight is 285 g/mol. The van der Waals surface area contributed by atoms with Crippen LogP contribution in [0.15, 0.2) is 29.2 Å². The quantitative estimate of drug-likeness (QED) is 0.836. The molecule has 1 fully saturated rings. The fourth-order valence-corrected chi connectivity index (χ4v) is 3.25. The van der Waals surface area contributed by atoms with Crippen molar-refractivity contribution < 1.29 is 23.1 Å². The molecule has 0 spiro atoms. The van der Waals surface area contributed by atoms with Gasteiger partial charge in [-0.2, -0.15) is 0 Å². The van der Waals surface area contributed by atoms with Gasteiger partial charge in [-0.1, -0.05) is 6.07 Å². The van der Waals surface area contributed by atoms with E-state index < -0.39 is 16.0 Å². The molecule has 0 radical (unpaired) electrons. The molecule has 0 atom stereocenters. The number of methoxy groups -OCH3 is 1. The minimum atomic E-state index is -3.68. The molecule has 1 aliphatic rings. The Morgan fingerprint density at radius 2 is 2.11 bits per heavy atom. The minimum absolute atomic E-state index is 0.0340. The Labute approximate surface area is 111 Å². The summed E-state index contributed by atoms with van der Waals surface area (Å²) in [4.78, 5) is 10.8. The number of aromatic carboxylic acids is 1. The Morgan fingerprint density at radius 1 is 1.42 bits per heavy atom. The first kappa shape index (κ1) is 14.0. The van der Waals surface area contributed by atoms with Gasteiger partial charge in [-0.3, -0.25) is 0 Å². The summed E-state index contributed by atoms with van der Waals surface area (Å²) in [6, 6.07) is 5.14. The van der Waals surface area contributed by atoms with Gasteiger partial charge < -0.3 is 9.84 Å². The zero-order valence-corrected chi connectivity index (χ0v) is 11.2. The van der Waals surface area contributed by atoms with E-state index >= 15 is 0 Å². The minimum Gasteiger partial charge on any atom is -0.478 e. The number of ether oxygens (including phenoxy) is 1. The van der Waals surface area contributed by atoms with Crippen molar-refractivity contribution in [1.29, 1.82) is 0 Å². The van der Waals surface area contributed by atoms with Crippen LogP contribution in [0.25, 0.3) is 0 Å². The van der Waals surface area contributed by atoms with E-state index in [-0.39, 0.29) is 22.6 Å². The van der Waals surface area contributed by atoms with E-state index in [9.17, 15) is 13.2 Å². The van der Waals surface area contributed by atoms with E-state index in [1.807, 2.05) is 0 Å². The van der Waals surface area contributed by atoms with E-state index in [1.165, 1.54) is 18.2 Å². The predicted octanol–water partition coefficient (Wildman–Crippen LogP) is 0.841. The lowest BCUT2D eigenvalue weighted by Crippen LogP contribution is -2.47. The van der Waals surface area contributed by atoms with Crippen molar-refractivity contribution >= 4 is 16.0 Å². The molecular formula is C12H15NO5S. The number of carbonyl (C=O) groups is 1. The monoisotopic (exact) mass is 285 g/mol. The lowest BCUT2D eigenvalue weighted by atomic mass is 9.90. The van der Waals surface area contributed by atoms with Crippen LogP contribution < -0.4 is 4.72 Å². The lowest BCUT2D eigenvalue weighted by Gasteiger charge is -2.34. The van der Waals surface area contributed by atoms with Gasteiger partial charge in [0.05, 0.1) is 16.6 Å². The van der Waals surface area contributed by atoms with E-state index in [4.69, 9.17) is 9.84 Å². The van der Waals surface area contributed by atoms with Crippen LogP contribution in [0.1, 0.15) is 23.2 Å². The highest BCUT2D eigenvalue weighted by molar-refractivity contribution is 7.89. The summed E-state index contributed by atoms with van der Waals surface area (Å²) in [5.41, 5.74) is -0.0498. The Kier molecular flexibility index (Phi) is 3.88. The Bertz CT molecular complexity index is 578. The molecule has 0 bridgehead atoms. The second-order valence-electron chi connectivity index (χ2n) is 4.48. The smallest absolute Gasteiger partial charge is 0.335 e. The molecule has 0 aliphatic heterocycles. The van der Waals surface area contributed by atoms with Crippen LogP contribution in [0.4, 0.5) is 0 Å². The molecule has 2 N–H and O–H groups in total. The van der Waals surface area contributed by atoms with Crippen LogP contribution in [-0.2, 0) is 14.8 Å². The number of hydrogen-bond acceptors (Lipinski definition) is 4. The summed E-state index contributed by atoms with van der Waals surface area (Å²) in [5.74, 6) is -1.15. The van der Waals surface area contributed by atoms with Crippen molar-refractivity contribution in [3.63, 3.8) is 0 Å². The Balaban J connectivity index is 2.11. The molecule has 0 aromatic heterocycles. The van der Waals surface area contributed by atoms with Crippen molar-refractivity contribution in [2.24, 2.45) is 0 Å². The second-order valence-corrected chi connectivity index (χ2v) is 6.19. The van der Waals surface area contributed by atoms with E-state index in [1.54, 1.807) is 7.11 Å². The van der Waals surface area contributed by atoms with Gasteiger partial charge in [0.25, 0.3) is 0 Å². The number of nitrogens with one attached hydrogen (secondary N) is 1. The van der Waals surface area contributed by atoms with Gasteiger partial charge in [-0.15, -0.1) is 0 Å². The predicted molar refractivity (Wildman–Crippen MR) is 67.5 cm³/mol. The van der Waals surface area contributed by atoms with Gasteiger partial charge in [0.1, 0.15) is 0 Å². The summed E-state index contributed by atoms with van der Waals surface area (Å²) < 4.78 is 31.7. The molecule has 1 saturated carbocycles. The summed E-state index contributed by atoms with van der Waals surface area (Å²) in [6.45, 7) is 0. The molecule has 1 aromatic rings. The van der Waals surface area contributed by atoms with Crippen molar-refractivity contribution in [3.8, 4) is 0 Å². The van der Waals surface area contributed by atoms with Crippen LogP contribution in [0.5, 0.6) is 0 Å². The van der Waals surface area contributed by atoms with Crippen LogP contribution >= 0.6 is 0 Å². The van der Waals surface area contributed by atoms with Crippen molar-refractivity contribution in [2.45, 2.75) is 29.9 Å². The number of hydrogen-bond donors (Lipinski definition) is 2. The molecule has 104 valence electrons. The van der Waals surface area contributed by atoms with E-state index in [0.717, 1.165) is 6.07 Å². The summed E-state index contributed by atoms with van der Waals surface area (Å²) in [7, 11) is -2.09. The molecule has 19 heavy (non-hydrogen) atoms. The molecule has 1 aromatic carbocycles. The number of carboxylic acid groups (broad SMARTS) is 1. The van der Waals surface area contributed by atoms with Gasteiger partial charge in [-0.25, -0.2) is 17.9 Å². The maximum Gasteiger partial charge on any atom is 0.335 e. The van der Waals surface area contributed by atoms with Crippen molar-refractivity contribution in [1.82, 2.24) is 4.72 Å².